The molecule has 128 valence electrons. The number of carbonyl (C=O) groups is 1. The fourth-order valence-corrected chi connectivity index (χ4v) is 3.76. The summed E-state index contributed by atoms with van der Waals surface area (Å²) in [5.74, 6) is -0.106. The number of aryl methyl sites for hydroxylation is 1. The lowest BCUT2D eigenvalue weighted by Gasteiger charge is -2.21. The molecule has 2 aromatic heterocycles. The van der Waals surface area contributed by atoms with Crippen LogP contribution < -0.4 is 4.90 Å². The average Bonchev–Trinajstić information content (AvgIpc) is 3.15. The highest BCUT2D eigenvalue weighted by molar-refractivity contribution is 7.17. The highest BCUT2D eigenvalue weighted by Gasteiger charge is 2.33. The van der Waals surface area contributed by atoms with Crippen molar-refractivity contribution >= 4 is 22.8 Å². The first kappa shape index (κ1) is 16.9. The van der Waals surface area contributed by atoms with Crippen molar-refractivity contribution in [2.75, 3.05) is 18.0 Å². The minimum absolute atomic E-state index is 0.106. The summed E-state index contributed by atoms with van der Waals surface area (Å²) in [6.45, 7) is 4.56. The van der Waals surface area contributed by atoms with Gasteiger partial charge in [-0.05, 0) is 25.8 Å². The number of Topliss-reactive ketones (excluding diaryl/α,β-unsaturated/α-hetero) is 1. The topological polar surface area (TPSA) is 46.1 Å². The highest BCUT2D eigenvalue weighted by Crippen LogP contribution is 2.38. The fraction of sp³-hybridized carbons (Fsp3) is 0.438. The van der Waals surface area contributed by atoms with Gasteiger partial charge < -0.3 is 4.90 Å². The molecule has 0 aliphatic carbocycles. The Labute approximate surface area is 141 Å². The van der Waals surface area contributed by atoms with Crippen molar-refractivity contribution in [2.45, 2.75) is 32.9 Å². The number of carbonyl (C=O) groups excluding carboxylic acids is 1. The van der Waals surface area contributed by atoms with E-state index in [2.05, 4.69) is 9.97 Å². The van der Waals surface area contributed by atoms with Gasteiger partial charge in [0.15, 0.2) is 5.78 Å². The van der Waals surface area contributed by atoms with Crippen molar-refractivity contribution in [3.8, 4) is 10.7 Å². The summed E-state index contributed by atoms with van der Waals surface area (Å²) < 4.78 is 39.1. The van der Waals surface area contributed by atoms with Crippen LogP contribution in [-0.4, -0.2) is 28.8 Å². The number of alkyl halides is 3. The predicted molar refractivity (Wildman–Crippen MR) is 86.5 cm³/mol. The Morgan fingerprint density at radius 2 is 1.96 bits per heavy atom. The molecule has 1 aliphatic heterocycles. The van der Waals surface area contributed by atoms with Crippen LogP contribution in [0.5, 0.6) is 0 Å². The van der Waals surface area contributed by atoms with Gasteiger partial charge in [0, 0.05) is 26.2 Å². The molecule has 3 rings (SSSR count). The summed E-state index contributed by atoms with van der Waals surface area (Å²) in [4.78, 5) is 22.4. The predicted octanol–water partition coefficient (Wildman–Crippen LogP) is 4.34. The molecule has 0 amide bonds. The second-order valence-corrected chi connectivity index (χ2v) is 6.77. The summed E-state index contributed by atoms with van der Waals surface area (Å²) in [6.07, 6.45) is -1.74. The minimum atomic E-state index is -4.44. The molecule has 0 N–H and O–H groups in total. The maximum absolute atomic E-state index is 13.0. The zero-order valence-corrected chi connectivity index (χ0v) is 14.1. The lowest BCUT2D eigenvalue weighted by atomic mass is 10.2. The number of halogens is 3. The number of thiazole rings is 1. The smallest absolute Gasteiger partial charge is 0.370 e. The zero-order valence-electron chi connectivity index (χ0n) is 13.3. The molecule has 0 radical (unpaired) electrons. The average molecular weight is 355 g/mol. The number of anilines is 1. The van der Waals surface area contributed by atoms with Crippen molar-refractivity contribution in [2.24, 2.45) is 0 Å². The van der Waals surface area contributed by atoms with E-state index >= 15 is 0 Å². The van der Waals surface area contributed by atoms with Gasteiger partial charge in [-0.25, -0.2) is 4.98 Å². The summed E-state index contributed by atoms with van der Waals surface area (Å²) in [6, 6.07) is 1.14. The van der Waals surface area contributed by atoms with Gasteiger partial charge in [-0.3, -0.25) is 9.78 Å². The molecule has 2 aromatic rings. The zero-order chi connectivity index (χ0) is 17.5. The Balaban J connectivity index is 2.12. The monoisotopic (exact) mass is 355 g/mol. The molecule has 1 saturated heterocycles. The van der Waals surface area contributed by atoms with Gasteiger partial charge in [-0.2, -0.15) is 13.2 Å². The first-order chi connectivity index (χ1) is 11.3. The second kappa shape index (κ2) is 6.16. The third kappa shape index (κ3) is 3.15. The van der Waals surface area contributed by atoms with Crippen molar-refractivity contribution in [1.82, 2.24) is 9.97 Å². The molecule has 0 spiro atoms. The standard InChI is InChI=1S/C16H16F3N3OS/c1-9-14(10(2)23)24-15(21-9)13-12(22-5-3-4-6-22)7-11(8-20-13)16(17,18)19/h7-8H,3-6H2,1-2H3. The Morgan fingerprint density at radius 3 is 2.50 bits per heavy atom. The number of rotatable bonds is 3. The molecule has 8 heteroatoms. The van der Waals surface area contributed by atoms with Crippen molar-refractivity contribution < 1.29 is 18.0 Å². The van der Waals surface area contributed by atoms with Crippen LogP contribution >= 0.6 is 11.3 Å². The molecule has 0 bridgehead atoms. The maximum Gasteiger partial charge on any atom is 0.417 e. The molecule has 0 saturated carbocycles. The first-order valence-electron chi connectivity index (χ1n) is 7.58. The SMILES string of the molecule is CC(=O)c1sc(-c2ncc(C(F)(F)F)cc2N2CCCC2)nc1C. The first-order valence-corrected chi connectivity index (χ1v) is 8.40. The van der Waals surface area contributed by atoms with Gasteiger partial charge >= 0.3 is 6.18 Å². The lowest BCUT2D eigenvalue weighted by Crippen LogP contribution is -2.20. The molecular formula is C16H16F3N3OS. The Bertz CT molecular complexity index is 779. The van der Waals surface area contributed by atoms with E-state index in [1.807, 2.05) is 4.90 Å². The van der Waals surface area contributed by atoms with E-state index in [1.54, 1.807) is 6.92 Å². The van der Waals surface area contributed by atoms with Gasteiger partial charge in [-0.1, -0.05) is 0 Å². The van der Waals surface area contributed by atoms with Crippen molar-refractivity contribution in [3.63, 3.8) is 0 Å². The molecule has 0 unspecified atom stereocenters. The molecule has 1 fully saturated rings. The van der Waals surface area contributed by atoms with Crippen LogP contribution in [0.4, 0.5) is 18.9 Å². The molecule has 0 aromatic carbocycles. The number of ketones is 1. The molecule has 1 aliphatic rings. The number of pyridine rings is 1. The van der Waals surface area contributed by atoms with Crippen LogP contribution in [0.25, 0.3) is 10.7 Å². The molecule has 24 heavy (non-hydrogen) atoms. The van der Waals surface area contributed by atoms with Crippen LogP contribution in [0, 0.1) is 6.92 Å². The van der Waals surface area contributed by atoms with Crippen molar-refractivity contribution in [3.05, 3.63) is 28.4 Å². The second-order valence-electron chi connectivity index (χ2n) is 5.77. The third-order valence-corrected chi connectivity index (χ3v) is 5.23. The highest BCUT2D eigenvalue weighted by atomic mass is 32.1. The van der Waals surface area contributed by atoms with Gasteiger partial charge in [-0.15, -0.1) is 11.3 Å². The summed E-state index contributed by atoms with van der Waals surface area (Å²) in [5.41, 5.74) is 0.654. The van der Waals surface area contributed by atoms with E-state index in [-0.39, 0.29) is 5.78 Å². The van der Waals surface area contributed by atoms with Crippen LogP contribution in [-0.2, 0) is 6.18 Å². The number of hydrogen-bond donors (Lipinski definition) is 0. The molecular weight excluding hydrogens is 339 g/mol. The number of aromatic nitrogens is 2. The maximum atomic E-state index is 13.0. The van der Waals surface area contributed by atoms with Gasteiger partial charge in [0.1, 0.15) is 10.7 Å². The normalized spacial score (nSPS) is 15.1. The third-order valence-electron chi connectivity index (χ3n) is 3.96. The Kier molecular flexibility index (Phi) is 4.33. The summed E-state index contributed by atoms with van der Waals surface area (Å²) >= 11 is 1.18. The molecule has 3 heterocycles. The van der Waals surface area contributed by atoms with Crippen molar-refractivity contribution in [1.29, 1.82) is 0 Å². The molecule has 0 atom stereocenters. The van der Waals surface area contributed by atoms with Gasteiger partial charge in [0.05, 0.1) is 21.8 Å². The Hall–Kier alpha value is -1.96. The van der Waals surface area contributed by atoms with E-state index in [0.717, 1.165) is 25.1 Å². The largest absolute Gasteiger partial charge is 0.417 e. The molecule has 4 nitrogen and oxygen atoms in total. The van der Waals surface area contributed by atoms with Crippen LogP contribution in [0.1, 0.15) is 40.7 Å². The Morgan fingerprint density at radius 1 is 1.29 bits per heavy atom. The van der Waals surface area contributed by atoms with Crippen LogP contribution in [0.15, 0.2) is 12.3 Å². The minimum Gasteiger partial charge on any atom is -0.370 e. The number of hydrogen-bond acceptors (Lipinski definition) is 5. The van der Waals surface area contributed by atoms with E-state index in [9.17, 15) is 18.0 Å². The lowest BCUT2D eigenvalue weighted by molar-refractivity contribution is -0.137. The van der Waals surface area contributed by atoms with Crippen LogP contribution in [0.3, 0.4) is 0 Å². The van der Waals surface area contributed by atoms with E-state index in [4.69, 9.17) is 0 Å². The number of nitrogens with zero attached hydrogens (tertiary/aromatic N) is 3. The van der Waals surface area contributed by atoms with Gasteiger partial charge in [0.2, 0.25) is 0 Å². The van der Waals surface area contributed by atoms with E-state index in [1.165, 1.54) is 18.3 Å². The van der Waals surface area contributed by atoms with Crippen LogP contribution in [0.2, 0.25) is 0 Å². The quantitative estimate of drug-likeness (QED) is 0.769. The summed E-state index contributed by atoms with van der Waals surface area (Å²) in [7, 11) is 0. The summed E-state index contributed by atoms with van der Waals surface area (Å²) in [5, 5.41) is 0.480. The van der Waals surface area contributed by atoms with E-state index < -0.39 is 11.7 Å². The fourth-order valence-electron chi connectivity index (χ4n) is 2.80. The van der Waals surface area contributed by atoms with Gasteiger partial charge in [0.25, 0.3) is 0 Å². The van der Waals surface area contributed by atoms with E-state index in [0.29, 0.717) is 40.0 Å².